The Morgan fingerprint density at radius 1 is 1.32 bits per heavy atom. The molecular weight excluding hydrogens is 318 g/mol. The summed E-state index contributed by atoms with van der Waals surface area (Å²) in [5.41, 5.74) is 4.33. The largest absolute Gasteiger partial charge is 0.347 e. The molecule has 1 fully saturated rings. The lowest BCUT2D eigenvalue weighted by molar-refractivity contribution is -0.117. The molecule has 1 saturated heterocycles. The minimum absolute atomic E-state index is 0.164. The molecule has 4 rings (SSSR count). The number of anilines is 1. The van der Waals surface area contributed by atoms with Crippen molar-refractivity contribution in [1.82, 2.24) is 20.8 Å². The van der Waals surface area contributed by atoms with Crippen molar-refractivity contribution in [1.29, 1.82) is 0 Å². The van der Waals surface area contributed by atoms with Crippen molar-refractivity contribution < 1.29 is 9.59 Å². The topological polar surface area (TPSA) is 90.1 Å². The first-order chi connectivity index (χ1) is 12.2. The number of aromatic nitrogens is 2. The van der Waals surface area contributed by atoms with Crippen molar-refractivity contribution >= 4 is 17.5 Å². The summed E-state index contributed by atoms with van der Waals surface area (Å²) in [4.78, 5) is 26.1. The summed E-state index contributed by atoms with van der Waals surface area (Å²) in [6.07, 6.45) is 2.37. The number of hydrogen-bond acceptors (Lipinski definition) is 4. The molecule has 3 N–H and O–H groups in total. The highest BCUT2D eigenvalue weighted by Crippen LogP contribution is 2.22. The molecule has 2 aliphatic rings. The van der Waals surface area contributed by atoms with Crippen molar-refractivity contribution in [2.24, 2.45) is 0 Å². The Labute approximate surface area is 145 Å². The number of benzene rings is 1. The number of amides is 2. The number of rotatable bonds is 4. The summed E-state index contributed by atoms with van der Waals surface area (Å²) in [7, 11) is 0. The molecule has 1 aromatic heterocycles. The van der Waals surface area contributed by atoms with Gasteiger partial charge in [-0.15, -0.1) is 0 Å². The molecule has 0 aliphatic carbocycles. The van der Waals surface area contributed by atoms with Gasteiger partial charge in [-0.05, 0) is 24.1 Å². The smallest absolute Gasteiger partial charge is 0.272 e. The third-order valence-electron chi connectivity index (χ3n) is 4.77. The summed E-state index contributed by atoms with van der Waals surface area (Å²) >= 11 is 0. The van der Waals surface area contributed by atoms with Gasteiger partial charge in [0, 0.05) is 56.0 Å². The maximum atomic E-state index is 12.5. The molecule has 0 radical (unpaired) electrons. The molecule has 2 aromatic rings. The van der Waals surface area contributed by atoms with Crippen LogP contribution in [0.2, 0.25) is 0 Å². The number of hydrogen-bond donors (Lipinski definition) is 3. The van der Waals surface area contributed by atoms with E-state index in [9.17, 15) is 9.59 Å². The third-order valence-corrected chi connectivity index (χ3v) is 4.77. The third kappa shape index (κ3) is 3.15. The molecule has 25 heavy (non-hydrogen) atoms. The lowest BCUT2D eigenvalue weighted by Gasteiger charge is -2.17. The van der Waals surface area contributed by atoms with Crippen LogP contribution >= 0.6 is 0 Å². The van der Waals surface area contributed by atoms with Crippen LogP contribution in [0, 0.1) is 0 Å². The number of carbonyl (C=O) groups excluding carboxylic acids is 2. The van der Waals surface area contributed by atoms with E-state index in [1.54, 1.807) is 4.90 Å². The van der Waals surface area contributed by atoms with Gasteiger partial charge >= 0.3 is 0 Å². The molecule has 7 heteroatoms. The van der Waals surface area contributed by atoms with E-state index in [0.29, 0.717) is 25.2 Å². The Balaban J connectivity index is 1.44. The minimum atomic E-state index is -0.177. The number of aromatic amines is 1. The highest BCUT2D eigenvalue weighted by Gasteiger charge is 2.23. The van der Waals surface area contributed by atoms with E-state index in [1.807, 2.05) is 24.3 Å². The quantitative estimate of drug-likeness (QED) is 0.778. The predicted octanol–water partition coefficient (Wildman–Crippen LogP) is 1.11. The van der Waals surface area contributed by atoms with Gasteiger partial charge in [-0.25, -0.2) is 0 Å². The lowest BCUT2D eigenvalue weighted by atomic mass is 10.1. The van der Waals surface area contributed by atoms with E-state index in [1.165, 1.54) is 0 Å². The van der Waals surface area contributed by atoms with Crippen LogP contribution in [0.5, 0.6) is 0 Å². The van der Waals surface area contributed by atoms with Gasteiger partial charge in [-0.1, -0.05) is 12.1 Å². The highest BCUT2D eigenvalue weighted by molar-refractivity contribution is 5.95. The number of carbonyl (C=O) groups is 2. The Morgan fingerprint density at radius 2 is 2.24 bits per heavy atom. The fourth-order valence-corrected chi connectivity index (χ4v) is 3.43. The molecular formula is C18H21N5O2. The van der Waals surface area contributed by atoms with E-state index in [0.717, 1.165) is 48.4 Å². The first-order valence-electron chi connectivity index (χ1n) is 8.67. The zero-order chi connectivity index (χ0) is 17.2. The van der Waals surface area contributed by atoms with Gasteiger partial charge in [-0.3, -0.25) is 14.7 Å². The van der Waals surface area contributed by atoms with E-state index in [2.05, 4.69) is 20.8 Å². The molecule has 0 atom stereocenters. The Morgan fingerprint density at radius 3 is 3.08 bits per heavy atom. The van der Waals surface area contributed by atoms with Gasteiger partial charge < -0.3 is 15.5 Å². The number of nitrogens with one attached hydrogen (secondary N) is 3. The number of fused-ring (bicyclic) bond motifs is 1. The van der Waals surface area contributed by atoms with Crippen LogP contribution in [0.3, 0.4) is 0 Å². The first kappa shape index (κ1) is 15.8. The van der Waals surface area contributed by atoms with Gasteiger partial charge in [0.2, 0.25) is 5.91 Å². The molecule has 0 unspecified atom stereocenters. The van der Waals surface area contributed by atoms with Crippen LogP contribution in [0.25, 0.3) is 0 Å². The summed E-state index contributed by atoms with van der Waals surface area (Å²) in [5.74, 6) is -0.0133. The van der Waals surface area contributed by atoms with E-state index < -0.39 is 0 Å². The summed E-state index contributed by atoms with van der Waals surface area (Å²) in [6.45, 7) is 2.74. The molecule has 2 amide bonds. The van der Waals surface area contributed by atoms with Crippen molar-refractivity contribution in [2.75, 3.05) is 18.0 Å². The fourth-order valence-electron chi connectivity index (χ4n) is 3.43. The second kappa shape index (κ2) is 6.68. The SMILES string of the molecule is O=C(NCc1cccc(N2CCCC2=O)c1)c1n[nH]c2c1CNCC2. The van der Waals surface area contributed by atoms with Gasteiger partial charge in [-0.2, -0.15) is 5.10 Å². The first-order valence-corrected chi connectivity index (χ1v) is 8.67. The molecule has 0 spiro atoms. The maximum absolute atomic E-state index is 12.5. The highest BCUT2D eigenvalue weighted by atomic mass is 16.2. The molecule has 0 bridgehead atoms. The predicted molar refractivity (Wildman–Crippen MR) is 93.2 cm³/mol. The van der Waals surface area contributed by atoms with Crippen LogP contribution in [-0.4, -0.2) is 35.1 Å². The standard InChI is InChI=1S/C18H21N5O2/c24-16-5-2-8-23(16)13-4-1-3-12(9-13)10-20-18(25)17-14-11-19-7-6-15(14)21-22-17/h1,3-4,9,19H,2,5-8,10-11H2,(H,20,25)(H,21,22). The maximum Gasteiger partial charge on any atom is 0.272 e. The van der Waals surface area contributed by atoms with Crippen LogP contribution in [0.1, 0.15) is 40.2 Å². The van der Waals surface area contributed by atoms with Gasteiger partial charge in [0.15, 0.2) is 5.69 Å². The Kier molecular flexibility index (Phi) is 4.23. The van der Waals surface area contributed by atoms with Gasteiger partial charge in [0.05, 0.1) is 0 Å². The minimum Gasteiger partial charge on any atom is -0.347 e. The zero-order valence-corrected chi connectivity index (χ0v) is 14.0. The summed E-state index contributed by atoms with van der Waals surface area (Å²) in [5, 5.41) is 13.3. The van der Waals surface area contributed by atoms with Crippen molar-refractivity contribution in [2.45, 2.75) is 32.4 Å². The molecule has 0 saturated carbocycles. The van der Waals surface area contributed by atoms with Crippen LogP contribution in [0.4, 0.5) is 5.69 Å². The van der Waals surface area contributed by atoms with Gasteiger partial charge in [0.25, 0.3) is 5.91 Å². The molecule has 2 aliphatic heterocycles. The van der Waals surface area contributed by atoms with Crippen molar-refractivity contribution in [3.63, 3.8) is 0 Å². The average molecular weight is 339 g/mol. The van der Waals surface area contributed by atoms with Gasteiger partial charge in [0.1, 0.15) is 0 Å². The summed E-state index contributed by atoms with van der Waals surface area (Å²) < 4.78 is 0. The normalized spacial score (nSPS) is 16.8. The molecule has 1 aromatic carbocycles. The number of nitrogens with zero attached hydrogens (tertiary/aromatic N) is 2. The molecule has 7 nitrogen and oxygen atoms in total. The van der Waals surface area contributed by atoms with E-state index in [-0.39, 0.29) is 11.8 Å². The van der Waals surface area contributed by atoms with Crippen LogP contribution < -0.4 is 15.5 Å². The Hall–Kier alpha value is -2.67. The van der Waals surface area contributed by atoms with Crippen LogP contribution in [0.15, 0.2) is 24.3 Å². The van der Waals surface area contributed by atoms with Crippen LogP contribution in [-0.2, 0) is 24.3 Å². The van der Waals surface area contributed by atoms with E-state index >= 15 is 0 Å². The Bertz CT molecular complexity index is 814. The number of H-pyrrole nitrogens is 1. The average Bonchev–Trinajstić information content (AvgIpc) is 3.26. The fraction of sp³-hybridized carbons (Fsp3) is 0.389. The molecule has 130 valence electrons. The van der Waals surface area contributed by atoms with Crippen molar-refractivity contribution in [3.8, 4) is 0 Å². The zero-order valence-electron chi connectivity index (χ0n) is 14.0. The second-order valence-corrected chi connectivity index (χ2v) is 6.46. The second-order valence-electron chi connectivity index (χ2n) is 6.46. The monoisotopic (exact) mass is 339 g/mol. The summed E-state index contributed by atoms with van der Waals surface area (Å²) in [6, 6.07) is 7.77. The molecule has 3 heterocycles. The lowest BCUT2D eigenvalue weighted by Crippen LogP contribution is -2.28. The van der Waals surface area contributed by atoms with Crippen molar-refractivity contribution in [3.05, 3.63) is 46.8 Å². The van der Waals surface area contributed by atoms with E-state index in [4.69, 9.17) is 0 Å².